The number of thiazole rings is 1. The lowest BCUT2D eigenvalue weighted by molar-refractivity contribution is 0.102. The number of carbonyl (C=O) groups excluding carboxylic acids is 1. The first kappa shape index (κ1) is 14.3. The first-order chi connectivity index (χ1) is 12.2. The van der Waals surface area contributed by atoms with Gasteiger partial charge in [0.25, 0.3) is 5.91 Å². The van der Waals surface area contributed by atoms with Crippen molar-refractivity contribution in [2.45, 2.75) is 13.3 Å². The van der Waals surface area contributed by atoms with Crippen LogP contribution in [-0.4, -0.2) is 25.5 Å². The molecule has 5 rings (SSSR count). The molecule has 0 saturated heterocycles. The molecule has 7 heteroatoms. The number of benzene rings is 1. The summed E-state index contributed by atoms with van der Waals surface area (Å²) in [7, 11) is 0. The van der Waals surface area contributed by atoms with Gasteiger partial charge in [-0.3, -0.25) is 10.1 Å². The second kappa shape index (κ2) is 5.22. The highest BCUT2D eigenvalue weighted by Gasteiger charge is 2.24. The maximum atomic E-state index is 12.6. The molecule has 122 valence electrons. The van der Waals surface area contributed by atoms with Gasteiger partial charge in [-0.25, -0.2) is 14.5 Å². The Morgan fingerprint density at radius 3 is 3.04 bits per heavy atom. The summed E-state index contributed by atoms with van der Waals surface area (Å²) in [5, 5.41) is 7.68. The van der Waals surface area contributed by atoms with E-state index in [1.54, 1.807) is 10.7 Å². The van der Waals surface area contributed by atoms with Crippen LogP contribution < -0.4 is 5.32 Å². The average Bonchev–Trinajstić information content (AvgIpc) is 3.26. The van der Waals surface area contributed by atoms with Crippen LogP contribution >= 0.6 is 11.3 Å². The normalized spacial score (nSPS) is 12.2. The number of amides is 1. The minimum Gasteiger partial charge on any atom is -0.298 e. The molecular formula is C18H13N5OS. The van der Waals surface area contributed by atoms with Gasteiger partial charge in [0.2, 0.25) is 0 Å². The largest absolute Gasteiger partial charge is 0.298 e. The van der Waals surface area contributed by atoms with Crippen LogP contribution in [0.2, 0.25) is 0 Å². The van der Waals surface area contributed by atoms with Gasteiger partial charge < -0.3 is 0 Å². The molecule has 6 nitrogen and oxygen atoms in total. The molecule has 4 aromatic rings. The van der Waals surface area contributed by atoms with Crippen LogP contribution in [0.1, 0.15) is 26.5 Å². The Hall–Kier alpha value is -3.06. The van der Waals surface area contributed by atoms with Crippen LogP contribution in [0.25, 0.3) is 16.9 Å². The number of rotatable bonds is 2. The zero-order valence-electron chi connectivity index (χ0n) is 13.4. The van der Waals surface area contributed by atoms with Gasteiger partial charge in [-0.15, -0.1) is 11.3 Å². The minimum atomic E-state index is -0.242. The van der Waals surface area contributed by atoms with E-state index in [-0.39, 0.29) is 5.91 Å². The van der Waals surface area contributed by atoms with E-state index in [2.05, 4.69) is 32.5 Å². The molecule has 1 N–H and O–H groups in total. The fraction of sp³-hybridized carbons (Fsp3) is 0.111. The number of aromatic nitrogens is 4. The van der Waals surface area contributed by atoms with Gasteiger partial charge >= 0.3 is 0 Å². The quantitative estimate of drug-likeness (QED) is 0.532. The van der Waals surface area contributed by atoms with Gasteiger partial charge in [-0.1, -0.05) is 24.3 Å². The molecule has 3 heterocycles. The maximum Gasteiger partial charge on any atom is 0.262 e. The van der Waals surface area contributed by atoms with Crippen molar-refractivity contribution in [3.63, 3.8) is 0 Å². The van der Waals surface area contributed by atoms with Crippen molar-refractivity contribution < 1.29 is 4.79 Å². The number of nitrogens with zero attached hydrogens (tertiary/aromatic N) is 4. The van der Waals surface area contributed by atoms with E-state index in [1.165, 1.54) is 28.0 Å². The number of anilines is 1. The van der Waals surface area contributed by atoms with E-state index >= 15 is 0 Å². The van der Waals surface area contributed by atoms with E-state index in [4.69, 9.17) is 0 Å². The third-order valence-corrected chi connectivity index (χ3v) is 5.27. The molecule has 3 aromatic heterocycles. The van der Waals surface area contributed by atoms with Crippen molar-refractivity contribution in [2.75, 3.05) is 5.32 Å². The van der Waals surface area contributed by atoms with Crippen LogP contribution in [0.3, 0.4) is 0 Å². The highest BCUT2D eigenvalue weighted by molar-refractivity contribution is 7.16. The molecule has 0 atom stereocenters. The van der Waals surface area contributed by atoms with Crippen LogP contribution in [0, 0.1) is 6.92 Å². The molecule has 0 spiro atoms. The number of fused-ring (bicyclic) bond motifs is 4. The fourth-order valence-corrected chi connectivity index (χ4v) is 4.09. The molecular weight excluding hydrogens is 334 g/mol. The van der Waals surface area contributed by atoms with Crippen molar-refractivity contribution in [3.8, 4) is 11.3 Å². The Bertz CT molecular complexity index is 1140. The summed E-state index contributed by atoms with van der Waals surface area (Å²) >= 11 is 1.52. The van der Waals surface area contributed by atoms with E-state index in [0.717, 1.165) is 23.4 Å². The molecule has 25 heavy (non-hydrogen) atoms. The predicted molar refractivity (Wildman–Crippen MR) is 96.0 cm³/mol. The summed E-state index contributed by atoms with van der Waals surface area (Å²) in [4.78, 5) is 22.8. The molecule has 1 amide bonds. The standard InChI is InChI=1S/C18H13N5OS/c1-10-6-7-23-16(20-10)13(9-19-23)17(24)22-18-21-15-12-5-3-2-4-11(12)8-14(15)25-18/h2-7,9H,8H2,1H3,(H,21,22,24). The van der Waals surface area contributed by atoms with E-state index in [1.807, 2.05) is 25.1 Å². The van der Waals surface area contributed by atoms with Crippen molar-refractivity contribution in [3.05, 3.63) is 64.4 Å². The van der Waals surface area contributed by atoms with Crippen molar-refractivity contribution in [1.82, 2.24) is 19.6 Å². The van der Waals surface area contributed by atoms with Gasteiger partial charge in [-0.2, -0.15) is 5.10 Å². The van der Waals surface area contributed by atoms with Gasteiger partial charge in [-0.05, 0) is 18.6 Å². The van der Waals surface area contributed by atoms with E-state index in [0.29, 0.717) is 16.3 Å². The number of hydrogen-bond donors (Lipinski definition) is 1. The van der Waals surface area contributed by atoms with Crippen molar-refractivity contribution in [1.29, 1.82) is 0 Å². The minimum absolute atomic E-state index is 0.242. The highest BCUT2D eigenvalue weighted by atomic mass is 32.1. The molecule has 0 fully saturated rings. The summed E-state index contributed by atoms with van der Waals surface area (Å²) in [6.45, 7) is 1.89. The monoisotopic (exact) mass is 347 g/mol. The summed E-state index contributed by atoms with van der Waals surface area (Å²) in [6.07, 6.45) is 4.20. The van der Waals surface area contributed by atoms with E-state index < -0.39 is 0 Å². The third-order valence-electron chi connectivity index (χ3n) is 4.29. The summed E-state index contributed by atoms with van der Waals surface area (Å²) < 4.78 is 1.60. The number of hydrogen-bond acceptors (Lipinski definition) is 5. The molecule has 1 aromatic carbocycles. The van der Waals surface area contributed by atoms with E-state index in [9.17, 15) is 4.79 Å². The Morgan fingerprint density at radius 1 is 1.24 bits per heavy atom. The maximum absolute atomic E-state index is 12.6. The van der Waals surface area contributed by atoms with Crippen LogP contribution in [0.5, 0.6) is 0 Å². The SMILES string of the molecule is Cc1ccn2ncc(C(=O)Nc3nc4c(s3)Cc3ccccc3-4)c2n1. The third kappa shape index (κ3) is 2.24. The molecule has 0 unspecified atom stereocenters. The number of carbonyl (C=O) groups is 1. The molecule has 1 aliphatic rings. The second-order valence-corrected chi connectivity index (χ2v) is 7.06. The predicted octanol–water partition coefficient (Wildman–Crippen LogP) is 3.32. The molecule has 0 radical (unpaired) electrons. The van der Waals surface area contributed by atoms with Gasteiger partial charge in [0.05, 0.1) is 11.9 Å². The first-order valence-corrected chi connectivity index (χ1v) is 8.71. The fourth-order valence-electron chi connectivity index (χ4n) is 3.10. The van der Waals surface area contributed by atoms with Gasteiger partial charge in [0.15, 0.2) is 10.8 Å². The summed E-state index contributed by atoms with van der Waals surface area (Å²) in [5.41, 5.74) is 5.25. The smallest absolute Gasteiger partial charge is 0.262 e. The lowest BCUT2D eigenvalue weighted by Crippen LogP contribution is -2.12. The summed E-state index contributed by atoms with van der Waals surface area (Å²) in [6, 6.07) is 10.1. The average molecular weight is 347 g/mol. The zero-order valence-corrected chi connectivity index (χ0v) is 14.2. The lowest BCUT2D eigenvalue weighted by Gasteiger charge is -2.01. The van der Waals surface area contributed by atoms with Crippen molar-refractivity contribution >= 4 is 28.0 Å². The van der Waals surface area contributed by atoms with Crippen molar-refractivity contribution in [2.24, 2.45) is 0 Å². The Balaban J connectivity index is 1.47. The Labute approximate surface area is 147 Å². The molecule has 0 bridgehead atoms. The van der Waals surface area contributed by atoms with Crippen LogP contribution in [-0.2, 0) is 6.42 Å². The van der Waals surface area contributed by atoms with Crippen LogP contribution in [0.15, 0.2) is 42.7 Å². The first-order valence-electron chi connectivity index (χ1n) is 7.89. The number of aryl methyl sites for hydroxylation is 1. The Morgan fingerprint density at radius 2 is 2.12 bits per heavy atom. The molecule has 1 aliphatic carbocycles. The van der Waals surface area contributed by atoms with Gasteiger partial charge in [0, 0.05) is 28.8 Å². The Kier molecular flexibility index (Phi) is 2.98. The molecule has 0 saturated carbocycles. The van der Waals surface area contributed by atoms with Gasteiger partial charge in [0.1, 0.15) is 5.56 Å². The number of nitrogens with one attached hydrogen (secondary N) is 1. The topological polar surface area (TPSA) is 72.2 Å². The van der Waals surface area contributed by atoms with Crippen LogP contribution in [0.4, 0.5) is 5.13 Å². The second-order valence-electron chi connectivity index (χ2n) is 5.97. The highest BCUT2D eigenvalue weighted by Crippen LogP contribution is 2.40. The molecule has 0 aliphatic heterocycles. The summed E-state index contributed by atoms with van der Waals surface area (Å²) in [5.74, 6) is -0.242. The lowest BCUT2D eigenvalue weighted by atomic mass is 10.1. The zero-order chi connectivity index (χ0) is 17.0.